The van der Waals surface area contributed by atoms with Gasteiger partial charge in [-0.3, -0.25) is 4.79 Å². The van der Waals surface area contributed by atoms with Crippen molar-refractivity contribution >= 4 is 32.6 Å². The molecular weight excluding hydrogens is 358 g/mol. The molecule has 1 N–H and O–H groups in total. The highest BCUT2D eigenvalue weighted by molar-refractivity contribution is 7.22. The number of hydrogen-bond acceptors (Lipinski definition) is 4. The summed E-state index contributed by atoms with van der Waals surface area (Å²) in [7, 11) is 1.64. The molecular formula is C21H19N3O2S. The molecule has 2 aromatic heterocycles. The second kappa shape index (κ2) is 7.63. The van der Waals surface area contributed by atoms with Gasteiger partial charge >= 0.3 is 0 Å². The van der Waals surface area contributed by atoms with Crippen LogP contribution in [0.15, 0.2) is 73.1 Å². The lowest BCUT2D eigenvalue weighted by molar-refractivity contribution is -0.116. The first kappa shape index (κ1) is 17.3. The molecule has 27 heavy (non-hydrogen) atoms. The van der Waals surface area contributed by atoms with Crippen molar-refractivity contribution in [2.45, 2.75) is 12.5 Å². The number of benzene rings is 2. The number of rotatable bonds is 6. The van der Waals surface area contributed by atoms with E-state index in [-0.39, 0.29) is 11.9 Å². The number of amides is 1. The zero-order chi connectivity index (χ0) is 18.6. The largest absolute Gasteiger partial charge is 0.497 e. The molecule has 5 nitrogen and oxygen atoms in total. The van der Waals surface area contributed by atoms with E-state index in [2.05, 4.69) is 10.3 Å². The highest BCUT2D eigenvalue weighted by Crippen LogP contribution is 2.28. The van der Waals surface area contributed by atoms with E-state index in [0.717, 1.165) is 21.5 Å². The molecule has 1 atom stereocenters. The van der Waals surface area contributed by atoms with Crippen LogP contribution in [-0.4, -0.2) is 22.6 Å². The summed E-state index contributed by atoms with van der Waals surface area (Å²) in [6, 6.07) is 19.5. The van der Waals surface area contributed by atoms with Crippen molar-refractivity contribution in [3.8, 4) is 5.75 Å². The number of hydrogen-bond donors (Lipinski definition) is 1. The van der Waals surface area contributed by atoms with Crippen LogP contribution in [0, 0.1) is 0 Å². The molecule has 2 heterocycles. The Kier molecular flexibility index (Phi) is 4.89. The molecule has 4 aromatic rings. The zero-order valence-electron chi connectivity index (χ0n) is 14.8. The van der Waals surface area contributed by atoms with Gasteiger partial charge in [0.1, 0.15) is 5.75 Å². The Labute approximate surface area is 161 Å². The van der Waals surface area contributed by atoms with E-state index in [9.17, 15) is 4.79 Å². The van der Waals surface area contributed by atoms with Crippen LogP contribution in [0.5, 0.6) is 5.75 Å². The SMILES string of the molecule is COc1ccc(C(CC(=O)Nc2nc3ccccc3s2)n2cccc2)cc1. The van der Waals surface area contributed by atoms with E-state index < -0.39 is 0 Å². The number of thiazole rings is 1. The molecule has 0 aliphatic heterocycles. The number of ether oxygens (including phenoxy) is 1. The molecule has 0 saturated heterocycles. The molecule has 1 amide bonds. The van der Waals surface area contributed by atoms with Crippen LogP contribution in [0.1, 0.15) is 18.0 Å². The second-order valence-electron chi connectivity index (χ2n) is 6.16. The molecule has 0 saturated carbocycles. The van der Waals surface area contributed by atoms with Gasteiger partial charge in [-0.15, -0.1) is 0 Å². The lowest BCUT2D eigenvalue weighted by atomic mass is 10.0. The van der Waals surface area contributed by atoms with Crippen molar-refractivity contribution in [3.05, 3.63) is 78.6 Å². The first-order chi connectivity index (χ1) is 13.2. The van der Waals surface area contributed by atoms with Gasteiger partial charge in [-0.2, -0.15) is 0 Å². The summed E-state index contributed by atoms with van der Waals surface area (Å²) in [4.78, 5) is 17.2. The number of nitrogens with one attached hydrogen (secondary N) is 1. The second-order valence-corrected chi connectivity index (χ2v) is 7.19. The number of carbonyl (C=O) groups is 1. The van der Waals surface area contributed by atoms with Crippen LogP contribution in [0.4, 0.5) is 5.13 Å². The van der Waals surface area contributed by atoms with E-state index >= 15 is 0 Å². The maximum atomic E-state index is 12.7. The van der Waals surface area contributed by atoms with Crippen LogP contribution in [0.3, 0.4) is 0 Å². The van der Waals surface area contributed by atoms with Crippen molar-refractivity contribution < 1.29 is 9.53 Å². The van der Waals surface area contributed by atoms with Gasteiger partial charge in [-0.05, 0) is 42.0 Å². The molecule has 0 radical (unpaired) electrons. The number of methoxy groups -OCH3 is 1. The van der Waals surface area contributed by atoms with Gasteiger partial charge in [-0.1, -0.05) is 35.6 Å². The summed E-state index contributed by atoms with van der Waals surface area (Å²) in [5, 5.41) is 3.57. The first-order valence-electron chi connectivity index (χ1n) is 8.65. The minimum absolute atomic E-state index is 0.0661. The van der Waals surface area contributed by atoms with Gasteiger partial charge in [0, 0.05) is 12.4 Å². The molecule has 0 fully saturated rings. The standard InChI is InChI=1S/C21H19N3O2S/c1-26-16-10-8-15(9-11-16)18(24-12-4-5-13-24)14-20(25)23-21-22-17-6-2-3-7-19(17)27-21/h2-13,18H,14H2,1H3,(H,22,23,25). The van der Waals surface area contributed by atoms with Crippen molar-refractivity contribution in [2.24, 2.45) is 0 Å². The normalized spacial score (nSPS) is 12.0. The Bertz CT molecular complexity index is 1010. The molecule has 0 spiro atoms. The monoisotopic (exact) mass is 377 g/mol. The Balaban J connectivity index is 1.54. The number of para-hydroxylation sites is 1. The summed E-state index contributed by atoms with van der Waals surface area (Å²) in [5.74, 6) is 0.729. The number of aromatic nitrogens is 2. The molecule has 6 heteroatoms. The fourth-order valence-corrected chi connectivity index (χ4v) is 3.93. The minimum atomic E-state index is -0.0970. The van der Waals surface area contributed by atoms with Gasteiger partial charge in [-0.25, -0.2) is 4.98 Å². The summed E-state index contributed by atoms with van der Waals surface area (Å²) >= 11 is 1.48. The average molecular weight is 377 g/mol. The van der Waals surface area contributed by atoms with Crippen molar-refractivity contribution in [2.75, 3.05) is 12.4 Å². The quantitative estimate of drug-likeness (QED) is 0.529. The molecule has 2 aromatic carbocycles. The minimum Gasteiger partial charge on any atom is -0.497 e. The van der Waals surface area contributed by atoms with Crippen molar-refractivity contribution in [1.29, 1.82) is 0 Å². The van der Waals surface area contributed by atoms with Crippen LogP contribution in [0.2, 0.25) is 0 Å². The third-order valence-electron chi connectivity index (χ3n) is 4.41. The average Bonchev–Trinajstić information content (AvgIpc) is 3.35. The zero-order valence-corrected chi connectivity index (χ0v) is 15.6. The molecule has 0 aliphatic carbocycles. The van der Waals surface area contributed by atoms with Gasteiger partial charge in [0.2, 0.25) is 5.91 Å². The fourth-order valence-electron chi connectivity index (χ4n) is 3.05. The summed E-state index contributed by atoms with van der Waals surface area (Å²) in [5.41, 5.74) is 1.95. The molecule has 136 valence electrons. The third-order valence-corrected chi connectivity index (χ3v) is 5.36. The van der Waals surface area contributed by atoms with Crippen molar-refractivity contribution in [1.82, 2.24) is 9.55 Å². The Hall–Kier alpha value is -3.12. The van der Waals surface area contributed by atoms with Crippen LogP contribution in [-0.2, 0) is 4.79 Å². The van der Waals surface area contributed by atoms with Gasteiger partial charge in [0.05, 0.1) is 29.8 Å². The lowest BCUT2D eigenvalue weighted by Crippen LogP contribution is -2.19. The topological polar surface area (TPSA) is 56.1 Å². The maximum Gasteiger partial charge on any atom is 0.228 e. The van der Waals surface area contributed by atoms with Crippen LogP contribution < -0.4 is 10.1 Å². The number of carbonyl (C=O) groups excluding carboxylic acids is 1. The van der Waals surface area contributed by atoms with Gasteiger partial charge < -0.3 is 14.6 Å². The highest BCUT2D eigenvalue weighted by atomic mass is 32.1. The molecule has 0 aliphatic rings. The lowest BCUT2D eigenvalue weighted by Gasteiger charge is -2.19. The smallest absolute Gasteiger partial charge is 0.228 e. The third kappa shape index (κ3) is 3.85. The Morgan fingerprint density at radius 3 is 2.56 bits per heavy atom. The van der Waals surface area contributed by atoms with Crippen molar-refractivity contribution in [3.63, 3.8) is 0 Å². The van der Waals surface area contributed by atoms with Gasteiger partial charge in [0.15, 0.2) is 5.13 Å². The predicted molar refractivity (Wildman–Crippen MR) is 108 cm³/mol. The molecule has 1 unspecified atom stereocenters. The molecule has 4 rings (SSSR count). The predicted octanol–water partition coefficient (Wildman–Crippen LogP) is 4.72. The van der Waals surface area contributed by atoms with Gasteiger partial charge in [0.25, 0.3) is 0 Å². The van der Waals surface area contributed by atoms with E-state index in [1.807, 2.05) is 77.6 Å². The van der Waals surface area contributed by atoms with E-state index in [1.54, 1.807) is 7.11 Å². The number of anilines is 1. The summed E-state index contributed by atoms with van der Waals surface area (Å²) in [6.45, 7) is 0. The van der Waals surface area contributed by atoms with Crippen LogP contribution >= 0.6 is 11.3 Å². The number of nitrogens with zero attached hydrogens (tertiary/aromatic N) is 2. The fraction of sp³-hybridized carbons (Fsp3) is 0.143. The Morgan fingerprint density at radius 2 is 1.85 bits per heavy atom. The maximum absolute atomic E-state index is 12.7. The van der Waals surface area contributed by atoms with E-state index in [1.165, 1.54) is 11.3 Å². The first-order valence-corrected chi connectivity index (χ1v) is 9.46. The molecule has 0 bridgehead atoms. The summed E-state index contributed by atoms with van der Waals surface area (Å²) in [6.07, 6.45) is 4.26. The summed E-state index contributed by atoms with van der Waals surface area (Å²) < 4.78 is 8.34. The van der Waals surface area contributed by atoms with E-state index in [4.69, 9.17) is 4.74 Å². The van der Waals surface area contributed by atoms with E-state index in [0.29, 0.717) is 11.6 Å². The van der Waals surface area contributed by atoms with Crippen LogP contribution in [0.25, 0.3) is 10.2 Å². The number of fused-ring (bicyclic) bond motifs is 1. The highest BCUT2D eigenvalue weighted by Gasteiger charge is 2.18. The Morgan fingerprint density at radius 1 is 1.11 bits per heavy atom.